The molecule has 0 radical (unpaired) electrons. The molecule has 1 aliphatic heterocycles. The second-order valence-corrected chi connectivity index (χ2v) is 5.85. The number of hydrogen-bond donors (Lipinski definition) is 2. The largest absolute Gasteiger partial charge is 0.365 e. The Balaban J connectivity index is 2.03. The van der Waals surface area contributed by atoms with Gasteiger partial charge in [0.2, 0.25) is 5.65 Å². The van der Waals surface area contributed by atoms with Crippen LogP contribution in [0.15, 0.2) is 11.0 Å². The number of hydrogen-bond acceptors (Lipinski definition) is 5. The molecule has 118 valence electrons. The number of piperidine rings is 1. The standard InChI is InChI=1S/C14H20N6O2/c1-9(2)15-11-12-17-18-14(22)20(12)8-10(16-11)13(21)19-6-4-3-5-7-19/h8-9H,3-7H2,1-2H3,(H,15,16)(H,18,22). The fourth-order valence-electron chi connectivity index (χ4n) is 2.65. The van der Waals surface area contributed by atoms with E-state index in [1.807, 2.05) is 13.8 Å². The van der Waals surface area contributed by atoms with Crippen LogP contribution in [-0.4, -0.2) is 49.5 Å². The van der Waals surface area contributed by atoms with Crippen LogP contribution in [0.1, 0.15) is 43.6 Å². The average molecular weight is 304 g/mol. The molecule has 0 bridgehead atoms. The summed E-state index contributed by atoms with van der Waals surface area (Å²) < 4.78 is 1.33. The lowest BCUT2D eigenvalue weighted by molar-refractivity contribution is 0.0718. The van der Waals surface area contributed by atoms with E-state index in [1.54, 1.807) is 4.90 Å². The van der Waals surface area contributed by atoms with Crippen LogP contribution in [0.4, 0.5) is 5.82 Å². The third-order valence-corrected chi connectivity index (χ3v) is 3.69. The molecule has 1 aliphatic rings. The van der Waals surface area contributed by atoms with Crippen molar-refractivity contribution in [1.82, 2.24) is 24.5 Å². The Morgan fingerprint density at radius 1 is 1.32 bits per heavy atom. The number of H-pyrrole nitrogens is 1. The van der Waals surface area contributed by atoms with Crippen LogP contribution in [0, 0.1) is 0 Å². The summed E-state index contributed by atoms with van der Waals surface area (Å²) in [5.74, 6) is 0.303. The Kier molecular flexibility index (Phi) is 3.82. The van der Waals surface area contributed by atoms with Gasteiger partial charge in [-0.15, -0.1) is 5.10 Å². The van der Waals surface area contributed by atoms with E-state index >= 15 is 0 Å². The Morgan fingerprint density at radius 2 is 2.05 bits per heavy atom. The Morgan fingerprint density at radius 3 is 2.73 bits per heavy atom. The zero-order valence-electron chi connectivity index (χ0n) is 12.8. The minimum Gasteiger partial charge on any atom is -0.365 e. The van der Waals surface area contributed by atoms with E-state index in [-0.39, 0.29) is 23.3 Å². The minimum absolute atomic E-state index is 0.114. The lowest BCUT2D eigenvalue weighted by Crippen LogP contribution is -2.36. The molecule has 2 aromatic rings. The highest BCUT2D eigenvalue weighted by molar-refractivity contribution is 5.93. The monoisotopic (exact) mass is 304 g/mol. The molecule has 0 saturated carbocycles. The molecule has 1 saturated heterocycles. The summed E-state index contributed by atoms with van der Waals surface area (Å²) >= 11 is 0. The van der Waals surface area contributed by atoms with Gasteiger partial charge >= 0.3 is 5.69 Å². The zero-order valence-corrected chi connectivity index (χ0v) is 12.8. The molecule has 8 heteroatoms. The maximum atomic E-state index is 12.6. The number of carbonyl (C=O) groups excluding carboxylic acids is 1. The van der Waals surface area contributed by atoms with Gasteiger partial charge in [0, 0.05) is 25.3 Å². The summed E-state index contributed by atoms with van der Waals surface area (Å²) in [5.41, 5.74) is 0.284. The van der Waals surface area contributed by atoms with Gasteiger partial charge in [0.25, 0.3) is 5.91 Å². The van der Waals surface area contributed by atoms with Crippen LogP contribution in [0.3, 0.4) is 0 Å². The molecular formula is C14H20N6O2. The first-order chi connectivity index (χ1) is 10.6. The van der Waals surface area contributed by atoms with Gasteiger partial charge in [-0.1, -0.05) is 0 Å². The highest BCUT2D eigenvalue weighted by atomic mass is 16.2. The van der Waals surface area contributed by atoms with Crippen LogP contribution in [-0.2, 0) is 0 Å². The topological polar surface area (TPSA) is 95.4 Å². The minimum atomic E-state index is -0.378. The summed E-state index contributed by atoms with van der Waals surface area (Å²) in [6.45, 7) is 5.40. The summed E-state index contributed by atoms with van der Waals surface area (Å²) in [6, 6.07) is 0.114. The van der Waals surface area contributed by atoms with Crippen molar-refractivity contribution in [3.8, 4) is 0 Å². The molecule has 22 heavy (non-hydrogen) atoms. The second kappa shape index (κ2) is 5.78. The van der Waals surface area contributed by atoms with Crippen molar-refractivity contribution in [2.45, 2.75) is 39.2 Å². The van der Waals surface area contributed by atoms with Crippen molar-refractivity contribution in [3.05, 3.63) is 22.4 Å². The fourth-order valence-corrected chi connectivity index (χ4v) is 2.65. The van der Waals surface area contributed by atoms with Gasteiger partial charge in [-0.2, -0.15) is 0 Å². The first-order valence-corrected chi connectivity index (χ1v) is 7.60. The van der Waals surface area contributed by atoms with E-state index in [4.69, 9.17) is 0 Å². The third-order valence-electron chi connectivity index (χ3n) is 3.69. The van der Waals surface area contributed by atoms with E-state index in [0.717, 1.165) is 32.4 Å². The van der Waals surface area contributed by atoms with Crippen molar-refractivity contribution in [2.24, 2.45) is 0 Å². The quantitative estimate of drug-likeness (QED) is 0.877. The Hall–Kier alpha value is -2.38. The average Bonchev–Trinajstić information content (AvgIpc) is 2.89. The first-order valence-electron chi connectivity index (χ1n) is 7.60. The van der Waals surface area contributed by atoms with Gasteiger partial charge in [-0.3, -0.25) is 4.79 Å². The van der Waals surface area contributed by atoms with Crippen LogP contribution in [0.5, 0.6) is 0 Å². The number of aromatic amines is 1. The van der Waals surface area contributed by atoms with Crippen LogP contribution < -0.4 is 11.0 Å². The molecule has 0 aromatic carbocycles. The maximum Gasteiger partial charge on any atom is 0.347 e. The Labute approximate surface area is 127 Å². The molecule has 0 unspecified atom stereocenters. The molecule has 0 spiro atoms. The summed E-state index contributed by atoms with van der Waals surface area (Å²) in [4.78, 5) is 30.6. The van der Waals surface area contributed by atoms with Crippen molar-refractivity contribution in [3.63, 3.8) is 0 Å². The number of anilines is 1. The molecule has 0 atom stereocenters. The predicted molar refractivity (Wildman–Crippen MR) is 82.1 cm³/mol. The summed E-state index contributed by atoms with van der Waals surface area (Å²) in [6.07, 6.45) is 4.63. The molecule has 0 aliphatic carbocycles. The number of carbonyl (C=O) groups is 1. The first kappa shape index (κ1) is 14.6. The number of nitrogens with one attached hydrogen (secondary N) is 2. The molecule has 2 aromatic heterocycles. The smallest absolute Gasteiger partial charge is 0.347 e. The summed E-state index contributed by atoms with van der Waals surface area (Å²) in [7, 11) is 0. The molecule has 3 rings (SSSR count). The number of fused-ring (bicyclic) bond motifs is 1. The molecule has 8 nitrogen and oxygen atoms in total. The number of aromatic nitrogens is 4. The van der Waals surface area contributed by atoms with Crippen molar-refractivity contribution >= 4 is 17.4 Å². The predicted octanol–water partition coefficient (Wildman–Crippen LogP) is 0.864. The van der Waals surface area contributed by atoms with Gasteiger partial charge in [-0.05, 0) is 33.1 Å². The molecule has 3 heterocycles. The third kappa shape index (κ3) is 2.68. The van der Waals surface area contributed by atoms with Gasteiger partial charge in [0.05, 0.1) is 0 Å². The van der Waals surface area contributed by atoms with E-state index in [9.17, 15) is 9.59 Å². The highest BCUT2D eigenvalue weighted by Crippen LogP contribution is 2.16. The van der Waals surface area contributed by atoms with E-state index in [1.165, 1.54) is 10.6 Å². The van der Waals surface area contributed by atoms with Crippen LogP contribution in [0.25, 0.3) is 5.65 Å². The van der Waals surface area contributed by atoms with Gasteiger partial charge < -0.3 is 10.2 Å². The zero-order chi connectivity index (χ0) is 15.7. The van der Waals surface area contributed by atoms with Crippen LogP contribution >= 0.6 is 0 Å². The van der Waals surface area contributed by atoms with Gasteiger partial charge in [0.15, 0.2) is 5.82 Å². The van der Waals surface area contributed by atoms with E-state index in [2.05, 4.69) is 20.5 Å². The SMILES string of the molecule is CC(C)Nc1nc(C(=O)N2CCCCC2)cn2c(=O)[nH]nc12. The molecule has 1 fully saturated rings. The van der Waals surface area contributed by atoms with Crippen molar-refractivity contribution in [2.75, 3.05) is 18.4 Å². The van der Waals surface area contributed by atoms with Crippen molar-refractivity contribution < 1.29 is 4.79 Å². The Bertz CT molecular complexity index is 741. The van der Waals surface area contributed by atoms with E-state index in [0.29, 0.717) is 11.5 Å². The molecular weight excluding hydrogens is 284 g/mol. The van der Waals surface area contributed by atoms with Gasteiger partial charge in [-0.25, -0.2) is 19.3 Å². The number of likely N-dealkylation sites (tertiary alicyclic amines) is 1. The lowest BCUT2D eigenvalue weighted by atomic mass is 10.1. The van der Waals surface area contributed by atoms with Gasteiger partial charge in [0.1, 0.15) is 5.69 Å². The number of nitrogens with zero attached hydrogens (tertiary/aromatic N) is 4. The number of rotatable bonds is 3. The second-order valence-electron chi connectivity index (χ2n) is 5.85. The van der Waals surface area contributed by atoms with E-state index < -0.39 is 0 Å². The van der Waals surface area contributed by atoms with Crippen molar-refractivity contribution in [1.29, 1.82) is 0 Å². The fraction of sp³-hybridized carbons (Fsp3) is 0.571. The maximum absolute atomic E-state index is 12.6. The van der Waals surface area contributed by atoms with Crippen LogP contribution in [0.2, 0.25) is 0 Å². The number of amides is 1. The summed E-state index contributed by atoms with van der Waals surface area (Å²) in [5, 5.41) is 9.48. The highest BCUT2D eigenvalue weighted by Gasteiger charge is 2.22. The normalized spacial score (nSPS) is 15.5. The molecule has 1 amide bonds. The molecule has 2 N–H and O–H groups in total. The lowest BCUT2D eigenvalue weighted by Gasteiger charge is -2.26.